The van der Waals surface area contributed by atoms with Crippen LogP contribution in [0.15, 0.2) is 48.5 Å². The maximum absolute atomic E-state index is 12.4. The van der Waals surface area contributed by atoms with E-state index >= 15 is 0 Å². The highest BCUT2D eigenvalue weighted by Gasteiger charge is 2.25. The summed E-state index contributed by atoms with van der Waals surface area (Å²) in [5.41, 5.74) is 2.79. The third-order valence-corrected chi connectivity index (χ3v) is 4.67. The minimum absolute atomic E-state index is 0.0332. The normalized spacial score (nSPS) is 17.3. The van der Waals surface area contributed by atoms with E-state index < -0.39 is 12.1 Å². The van der Waals surface area contributed by atoms with E-state index in [9.17, 15) is 9.59 Å². The SMILES string of the molecule is C[C@H](OC(=O)c1ccc(Cl)cc1)C(=O)N[C@H]1CCCc2ccccc21. The van der Waals surface area contributed by atoms with Gasteiger partial charge in [-0.3, -0.25) is 4.79 Å². The van der Waals surface area contributed by atoms with E-state index in [0.29, 0.717) is 10.6 Å². The van der Waals surface area contributed by atoms with Crippen LogP contribution in [0.4, 0.5) is 0 Å². The second-order valence-corrected chi connectivity index (χ2v) is 6.64. The topological polar surface area (TPSA) is 55.4 Å². The van der Waals surface area contributed by atoms with Crippen LogP contribution in [-0.4, -0.2) is 18.0 Å². The molecule has 0 aromatic heterocycles. The Hall–Kier alpha value is -2.33. The van der Waals surface area contributed by atoms with Gasteiger partial charge < -0.3 is 10.1 Å². The molecule has 1 amide bonds. The molecule has 2 atom stereocenters. The average molecular weight is 358 g/mol. The monoisotopic (exact) mass is 357 g/mol. The van der Waals surface area contributed by atoms with Gasteiger partial charge in [0.05, 0.1) is 11.6 Å². The molecule has 0 spiro atoms. The van der Waals surface area contributed by atoms with E-state index in [1.54, 1.807) is 31.2 Å². The summed E-state index contributed by atoms with van der Waals surface area (Å²) in [4.78, 5) is 24.5. The van der Waals surface area contributed by atoms with Crippen LogP contribution in [0.1, 0.15) is 47.3 Å². The summed E-state index contributed by atoms with van der Waals surface area (Å²) in [7, 11) is 0. The van der Waals surface area contributed by atoms with Crippen LogP contribution < -0.4 is 5.32 Å². The fraction of sp³-hybridized carbons (Fsp3) is 0.300. The lowest BCUT2D eigenvalue weighted by Gasteiger charge is -2.27. The summed E-state index contributed by atoms with van der Waals surface area (Å²) < 4.78 is 5.27. The first-order chi connectivity index (χ1) is 12.0. The van der Waals surface area contributed by atoms with Crippen molar-refractivity contribution in [2.24, 2.45) is 0 Å². The minimum Gasteiger partial charge on any atom is -0.449 e. The van der Waals surface area contributed by atoms with E-state index in [4.69, 9.17) is 16.3 Å². The number of amides is 1. The Morgan fingerprint density at radius 1 is 1.16 bits per heavy atom. The van der Waals surface area contributed by atoms with Crippen LogP contribution in [0.5, 0.6) is 0 Å². The number of esters is 1. The minimum atomic E-state index is -0.864. The average Bonchev–Trinajstić information content (AvgIpc) is 2.62. The molecule has 5 heteroatoms. The van der Waals surface area contributed by atoms with Gasteiger partial charge in [-0.1, -0.05) is 35.9 Å². The Morgan fingerprint density at radius 2 is 1.88 bits per heavy atom. The molecule has 0 fully saturated rings. The fourth-order valence-corrected chi connectivity index (χ4v) is 3.19. The summed E-state index contributed by atoms with van der Waals surface area (Å²) in [6.45, 7) is 1.58. The molecule has 0 saturated carbocycles. The zero-order chi connectivity index (χ0) is 17.8. The quantitative estimate of drug-likeness (QED) is 0.839. The Bertz CT molecular complexity index is 773. The molecule has 0 bridgehead atoms. The number of hydrogen-bond donors (Lipinski definition) is 1. The van der Waals surface area contributed by atoms with E-state index in [0.717, 1.165) is 24.8 Å². The van der Waals surface area contributed by atoms with Gasteiger partial charge in [0.25, 0.3) is 5.91 Å². The van der Waals surface area contributed by atoms with E-state index in [-0.39, 0.29) is 11.9 Å². The molecular weight excluding hydrogens is 338 g/mol. The van der Waals surface area contributed by atoms with Gasteiger partial charge in [-0.2, -0.15) is 0 Å². The van der Waals surface area contributed by atoms with E-state index in [2.05, 4.69) is 11.4 Å². The van der Waals surface area contributed by atoms with Gasteiger partial charge in [-0.25, -0.2) is 4.79 Å². The van der Waals surface area contributed by atoms with Gasteiger partial charge in [0, 0.05) is 5.02 Å². The number of carbonyl (C=O) groups excluding carboxylic acids is 2. The van der Waals surface area contributed by atoms with Crippen LogP contribution in [0.2, 0.25) is 5.02 Å². The summed E-state index contributed by atoms with van der Waals surface area (Å²) in [6, 6.07) is 14.5. The Labute approximate surface area is 152 Å². The molecular formula is C20H20ClNO3. The number of rotatable bonds is 4. The first-order valence-electron chi connectivity index (χ1n) is 8.39. The molecule has 1 aliphatic carbocycles. The highest BCUT2D eigenvalue weighted by atomic mass is 35.5. The van der Waals surface area contributed by atoms with Crippen molar-refractivity contribution < 1.29 is 14.3 Å². The number of aryl methyl sites for hydroxylation is 1. The van der Waals surface area contributed by atoms with Crippen molar-refractivity contribution in [2.75, 3.05) is 0 Å². The van der Waals surface area contributed by atoms with Crippen molar-refractivity contribution in [3.63, 3.8) is 0 Å². The number of ether oxygens (including phenoxy) is 1. The highest BCUT2D eigenvalue weighted by Crippen LogP contribution is 2.29. The van der Waals surface area contributed by atoms with Crippen molar-refractivity contribution in [1.82, 2.24) is 5.32 Å². The van der Waals surface area contributed by atoms with Crippen LogP contribution in [0.25, 0.3) is 0 Å². The summed E-state index contributed by atoms with van der Waals surface area (Å²) in [5, 5.41) is 3.54. The number of fused-ring (bicyclic) bond motifs is 1. The molecule has 0 unspecified atom stereocenters. The van der Waals surface area contributed by atoms with Crippen LogP contribution in [-0.2, 0) is 16.0 Å². The first-order valence-corrected chi connectivity index (χ1v) is 8.77. The fourth-order valence-electron chi connectivity index (χ4n) is 3.06. The molecule has 3 rings (SSSR count). The standard InChI is InChI=1S/C20H20ClNO3/c1-13(25-20(24)15-9-11-16(21)12-10-15)19(23)22-18-8-4-6-14-5-2-3-7-17(14)18/h2-3,5,7,9-13,18H,4,6,8H2,1H3,(H,22,23)/t13-,18-/m0/s1. The molecule has 25 heavy (non-hydrogen) atoms. The maximum atomic E-state index is 12.4. The molecule has 2 aromatic carbocycles. The molecule has 2 aromatic rings. The second-order valence-electron chi connectivity index (χ2n) is 6.21. The van der Waals surface area contributed by atoms with Crippen molar-refractivity contribution in [1.29, 1.82) is 0 Å². The Kier molecular flexibility index (Phi) is 5.39. The van der Waals surface area contributed by atoms with Gasteiger partial charge in [-0.05, 0) is 61.6 Å². The maximum Gasteiger partial charge on any atom is 0.338 e. The molecule has 0 aliphatic heterocycles. The summed E-state index contributed by atoms with van der Waals surface area (Å²) in [6.07, 6.45) is 2.09. The zero-order valence-electron chi connectivity index (χ0n) is 14.0. The third-order valence-electron chi connectivity index (χ3n) is 4.42. The Morgan fingerprint density at radius 3 is 2.64 bits per heavy atom. The molecule has 0 saturated heterocycles. The second kappa shape index (κ2) is 7.70. The zero-order valence-corrected chi connectivity index (χ0v) is 14.8. The van der Waals surface area contributed by atoms with Crippen molar-refractivity contribution >= 4 is 23.5 Å². The first kappa shape index (κ1) is 17.5. The third kappa shape index (κ3) is 4.20. The largest absolute Gasteiger partial charge is 0.449 e. The molecule has 0 radical (unpaired) electrons. The van der Waals surface area contributed by atoms with Gasteiger partial charge in [-0.15, -0.1) is 0 Å². The molecule has 4 nitrogen and oxygen atoms in total. The smallest absolute Gasteiger partial charge is 0.338 e. The van der Waals surface area contributed by atoms with Crippen molar-refractivity contribution in [2.45, 2.75) is 38.3 Å². The predicted molar refractivity (Wildman–Crippen MR) is 96.6 cm³/mol. The molecule has 1 N–H and O–H groups in total. The number of halogens is 1. The van der Waals surface area contributed by atoms with Crippen LogP contribution in [0.3, 0.4) is 0 Å². The lowest BCUT2D eigenvalue weighted by Crippen LogP contribution is -2.39. The lowest BCUT2D eigenvalue weighted by molar-refractivity contribution is -0.130. The van der Waals surface area contributed by atoms with Gasteiger partial charge in [0.2, 0.25) is 0 Å². The van der Waals surface area contributed by atoms with Crippen molar-refractivity contribution in [3.8, 4) is 0 Å². The number of hydrogen-bond acceptors (Lipinski definition) is 3. The predicted octanol–water partition coefficient (Wildman–Crippen LogP) is 4.08. The molecule has 130 valence electrons. The Balaban J connectivity index is 1.62. The summed E-state index contributed by atoms with van der Waals surface area (Å²) in [5.74, 6) is -0.827. The van der Waals surface area contributed by atoms with E-state index in [1.807, 2.05) is 18.2 Å². The molecule has 0 heterocycles. The number of benzene rings is 2. The number of carbonyl (C=O) groups is 2. The number of nitrogens with one attached hydrogen (secondary N) is 1. The molecule has 1 aliphatic rings. The van der Waals surface area contributed by atoms with Gasteiger partial charge >= 0.3 is 5.97 Å². The van der Waals surface area contributed by atoms with E-state index in [1.165, 1.54) is 5.56 Å². The van der Waals surface area contributed by atoms with Crippen molar-refractivity contribution in [3.05, 3.63) is 70.2 Å². The van der Waals surface area contributed by atoms with Gasteiger partial charge in [0.15, 0.2) is 6.10 Å². The summed E-state index contributed by atoms with van der Waals surface area (Å²) >= 11 is 5.81. The lowest BCUT2D eigenvalue weighted by atomic mass is 9.87. The van der Waals surface area contributed by atoms with Crippen LogP contribution >= 0.6 is 11.6 Å². The van der Waals surface area contributed by atoms with Crippen LogP contribution in [0, 0.1) is 0 Å². The highest BCUT2D eigenvalue weighted by molar-refractivity contribution is 6.30. The van der Waals surface area contributed by atoms with Gasteiger partial charge in [0.1, 0.15) is 0 Å².